The maximum atomic E-state index is 5.86. The van der Waals surface area contributed by atoms with Gasteiger partial charge in [-0.3, -0.25) is 4.90 Å². The normalized spacial score (nSPS) is 29.7. The Bertz CT molecular complexity index is 327. The molecule has 2 unspecified atom stereocenters. The molecule has 0 aromatic carbocycles. The number of hydrogen-bond donors (Lipinski definition) is 0. The number of halogens is 1. The fraction of sp³-hybridized carbons (Fsp3) is 0.733. The van der Waals surface area contributed by atoms with Gasteiger partial charge in [0.15, 0.2) is 0 Å². The van der Waals surface area contributed by atoms with Crippen molar-refractivity contribution in [2.24, 2.45) is 11.8 Å². The van der Waals surface area contributed by atoms with Crippen molar-refractivity contribution < 1.29 is 4.74 Å². The molecule has 0 N–H and O–H groups in total. The van der Waals surface area contributed by atoms with Crippen LogP contribution in [0.15, 0.2) is 22.4 Å². The van der Waals surface area contributed by atoms with E-state index in [1.165, 1.54) is 24.0 Å². The topological polar surface area (TPSA) is 12.5 Å². The van der Waals surface area contributed by atoms with E-state index in [9.17, 15) is 0 Å². The molecular formula is C15H24BrNO. The largest absolute Gasteiger partial charge is 0.497 e. The summed E-state index contributed by atoms with van der Waals surface area (Å²) in [6.45, 7) is 9.08. The highest BCUT2D eigenvalue weighted by molar-refractivity contribution is 9.11. The first-order valence-electron chi connectivity index (χ1n) is 7.04. The predicted octanol–water partition coefficient (Wildman–Crippen LogP) is 3.94. The Morgan fingerprint density at radius 3 is 2.56 bits per heavy atom. The van der Waals surface area contributed by atoms with Gasteiger partial charge in [0.05, 0.1) is 5.76 Å². The summed E-state index contributed by atoms with van der Waals surface area (Å²) < 4.78 is 7.13. The first-order chi connectivity index (χ1) is 8.63. The molecule has 3 heteroatoms. The van der Waals surface area contributed by atoms with E-state index in [1.807, 2.05) is 0 Å². The van der Waals surface area contributed by atoms with Gasteiger partial charge in [-0.05, 0) is 41.3 Å². The minimum atomic E-state index is 0.830. The van der Waals surface area contributed by atoms with Gasteiger partial charge in [0.1, 0.15) is 6.61 Å². The van der Waals surface area contributed by atoms with Crippen LogP contribution in [0.1, 0.15) is 33.1 Å². The molecule has 1 aliphatic carbocycles. The Balaban J connectivity index is 1.69. The van der Waals surface area contributed by atoms with Crippen LogP contribution in [0.5, 0.6) is 0 Å². The minimum Gasteiger partial charge on any atom is -0.497 e. The lowest BCUT2D eigenvalue weighted by Gasteiger charge is -2.34. The van der Waals surface area contributed by atoms with Gasteiger partial charge in [-0.25, -0.2) is 0 Å². The number of likely N-dealkylation sites (tertiary alicyclic amines) is 1. The van der Waals surface area contributed by atoms with Crippen molar-refractivity contribution in [2.45, 2.75) is 33.1 Å². The third-order valence-electron chi connectivity index (χ3n) is 3.70. The summed E-state index contributed by atoms with van der Waals surface area (Å²) in [5, 5.41) is 0. The molecule has 1 aliphatic heterocycles. The predicted molar refractivity (Wildman–Crippen MR) is 79.7 cm³/mol. The monoisotopic (exact) mass is 313 g/mol. The summed E-state index contributed by atoms with van der Waals surface area (Å²) in [6.07, 6.45) is 7.67. The molecule has 2 aliphatic rings. The number of piperidine rings is 1. The van der Waals surface area contributed by atoms with E-state index in [0.29, 0.717) is 0 Å². The number of ether oxygens (including phenoxy) is 1. The van der Waals surface area contributed by atoms with E-state index in [2.05, 4.69) is 46.8 Å². The summed E-state index contributed by atoms with van der Waals surface area (Å²) in [7, 11) is 0. The Morgan fingerprint density at radius 1 is 1.22 bits per heavy atom. The lowest BCUT2D eigenvalue weighted by molar-refractivity contribution is 0.0990. The third-order valence-corrected chi connectivity index (χ3v) is 4.36. The highest BCUT2D eigenvalue weighted by Crippen LogP contribution is 2.23. The summed E-state index contributed by atoms with van der Waals surface area (Å²) in [4.78, 5) is 2.55. The zero-order chi connectivity index (χ0) is 13.0. The lowest BCUT2D eigenvalue weighted by Crippen LogP contribution is -2.40. The Labute approximate surface area is 119 Å². The van der Waals surface area contributed by atoms with Crippen LogP contribution in [0.4, 0.5) is 0 Å². The van der Waals surface area contributed by atoms with Crippen molar-refractivity contribution in [3.8, 4) is 0 Å². The maximum absolute atomic E-state index is 5.86. The van der Waals surface area contributed by atoms with E-state index in [-0.39, 0.29) is 0 Å². The standard InChI is InChI=1S/C15H24BrNO/c1-12-9-13(2)11-17(10-12)7-8-18-15-5-3-14(16)4-6-15/h3,5,12-13H,4,6-11H2,1-2H3. The van der Waals surface area contributed by atoms with Crippen LogP contribution in [-0.2, 0) is 4.74 Å². The maximum Gasteiger partial charge on any atom is 0.100 e. The van der Waals surface area contributed by atoms with Gasteiger partial charge < -0.3 is 4.74 Å². The smallest absolute Gasteiger partial charge is 0.100 e. The second-order valence-electron chi connectivity index (χ2n) is 5.80. The average molecular weight is 314 g/mol. The highest BCUT2D eigenvalue weighted by Gasteiger charge is 2.21. The zero-order valence-electron chi connectivity index (χ0n) is 11.5. The van der Waals surface area contributed by atoms with E-state index in [4.69, 9.17) is 4.74 Å². The molecule has 0 bridgehead atoms. The molecular weight excluding hydrogens is 290 g/mol. The van der Waals surface area contributed by atoms with Crippen LogP contribution in [-0.4, -0.2) is 31.1 Å². The van der Waals surface area contributed by atoms with Crippen molar-refractivity contribution in [1.82, 2.24) is 4.90 Å². The minimum absolute atomic E-state index is 0.830. The Hall–Kier alpha value is -0.280. The van der Waals surface area contributed by atoms with Gasteiger partial charge in [0, 0.05) is 26.1 Å². The molecule has 0 aromatic rings. The first-order valence-corrected chi connectivity index (χ1v) is 7.83. The van der Waals surface area contributed by atoms with Crippen LogP contribution >= 0.6 is 15.9 Å². The summed E-state index contributed by atoms with van der Waals surface area (Å²) in [5.74, 6) is 2.80. The van der Waals surface area contributed by atoms with Crippen LogP contribution in [0.25, 0.3) is 0 Å². The van der Waals surface area contributed by atoms with Gasteiger partial charge in [-0.15, -0.1) is 0 Å². The third kappa shape index (κ3) is 4.43. The fourth-order valence-corrected chi connectivity index (χ4v) is 3.32. The molecule has 1 fully saturated rings. The van der Waals surface area contributed by atoms with Crippen molar-refractivity contribution in [1.29, 1.82) is 0 Å². The van der Waals surface area contributed by atoms with Gasteiger partial charge in [0.25, 0.3) is 0 Å². The quantitative estimate of drug-likeness (QED) is 0.779. The van der Waals surface area contributed by atoms with Gasteiger partial charge in [0.2, 0.25) is 0 Å². The summed E-state index contributed by atoms with van der Waals surface area (Å²) in [5.41, 5.74) is 0. The SMILES string of the molecule is CC1CC(C)CN(CCOC2=CC=C(Br)CC2)C1. The van der Waals surface area contributed by atoms with Gasteiger partial charge in [-0.2, -0.15) is 0 Å². The van der Waals surface area contributed by atoms with Crippen LogP contribution < -0.4 is 0 Å². The first kappa shape index (κ1) is 14.1. The number of allylic oxidation sites excluding steroid dienone is 4. The van der Waals surface area contributed by atoms with Gasteiger partial charge in [-0.1, -0.05) is 29.8 Å². The highest BCUT2D eigenvalue weighted by atomic mass is 79.9. The second-order valence-corrected chi connectivity index (χ2v) is 6.82. The molecule has 1 heterocycles. The molecule has 2 nitrogen and oxygen atoms in total. The van der Waals surface area contributed by atoms with Crippen LogP contribution in [0.3, 0.4) is 0 Å². The van der Waals surface area contributed by atoms with Gasteiger partial charge >= 0.3 is 0 Å². The van der Waals surface area contributed by atoms with Crippen molar-refractivity contribution in [2.75, 3.05) is 26.2 Å². The second kappa shape index (κ2) is 6.76. The summed E-state index contributed by atoms with van der Waals surface area (Å²) >= 11 is 3.51. The molecule has 2 rings (SSSR count). The van der Waals surface area contributed by atoms with E-state index < -0.39 is 0 Å². The van der Waals surface area contributed by atoms with Crippen LogP contribution in [0, 0.1) is 11.8 Å². The Morgan fingerprint density at radius 2 is 1.94 bits per heavy atom. The van der Waals surface area contributed by atoms with Crippen molar-refractivity contribution in [3.05, 3.63) is 22.4 Å². The molecule has 0 amide bonds. The molecule has 1 saturated heterocycles. The van der Waals surface area contributed by atoms with E-state index in [0.717, 1.165) is 43.6 Å². The van der Waals surface area contributed by atoms with Crippen LogP contribution in [0.2, 0.25) is 0 Å². The molecule has 0 spiro atoms. The van der Waals surface area contributed by atoms with E-state index >= 15 is 0 Å². The number of hydrogen-bond acceptors (Lipinski definition) is 2. The molecule has 102 valence electrons. The summed E-state index contributed by atoms with van der Waals surface area (Å²) in [6, 6.07) is 0. The van der Waals surface area contributed by atoms with E-state index in [1.54, 1.807) is 0 Å². The number of rotatable bonds is 4. The Kier molecular flexibility index (Phi) is 5.31. The van der Waals surface area contributed by atoms with Crippen molar-refractivity contribution in [3.63, 3.8) is 0 Å². The van der Waals surface area contributed by atoms with Crippen molar-refractivity contribution >= 4 is 15.9 Å². The lowest BCUT2D eigenvalue weighted by atomic mass is 9.92. The molecule has 2 atom stereocenters. The molecule has 0 saturated carbocycles. The fourth-order valence-electron chi connectivity index (χ4n) is 2.99. The molecule has 0 radical (unpaired) electrons. The number of nitrogens with zero attached hydrogens (tertiary/aromatic N) is 1. The molecule has 0 aromatic heterocycles. The zero-order valence-corrected chi connectivity index (χ0v) is 13.1. The molecule has 18 heavy (non-hydrogen) atoms. The average Bonchev–Trinajstić information content (AvgIpc) is 2.30.